The zero-order valence-electron chi connectivity index (χ0n) is 16.5. The second-order valence-corrected chi connectivity index (χ2v) is 6.93. The summed E-state index contributed by atoms with van der Waals surface area (Å²) in [6.07, 6.45) is 0.900. The van der Waals surface area contributed by atoms with Gasteiger partial charge in [0.05, 0.1) is 12.3 Å². The minimum absolute atomic E-state index is 0.0846. The molecule has 4 rings (SSSR count). The Hall–Kier alpha value is -3.88. The van der Waals surface area contributed by atoms with E-state index in [-0.39, 0.29) is 24.7 Å². The van der Waals surface area contributed by atoms with E-state index in [4.69, 9.17) is 0 Å². The van der Waals surface area contributed by atoms with Gasteiger partial charge < -0.3 is 5.32 Å². The van der Waals surface area contributed by atoms with E-state index in [1.54, 1.807) is 23.9 Å². The summed E-state index contributed by atoms with van der Waals surface area (Å²) >= 11 is 0. The number of amides is 2. The van der Waals surface area contributed by atoms with Crippen molar-refractivity contribution in [3.8, 4) is 11.4 Å². The molecule has 30 heavy (non-hydrogen) atoms. The largest absolute Gasteiger partial charge is 0.326 e. The van der Waals surface area contributed by atoms with Gasteiger partial charge in [0.15, 0.2) is 5.82 Å². The number of aromatic nitrogens is 4. The summed E-state index contributed by atoms with van der Waals surface area (Å²) in [6.45, 7) is 0.540. The second-order valence-electron chi connectivity index (χ2n) is 6.93. The molecule has 0 saturated carbocycles. The van der Waals surface area contributed by atoms with Crippen LogP contribution in [0.2, 0.25) is 0 Å². The van der Waals surface area contributed by atoms with Crippen molar-refractivity contribution >= 4 is 23.2 Å². The van der Waals surface area contributed by atoms with Crippen molar-refractivity contribution in [3.63, 3.8) is 0 Å². The van der Waals surface area contributed by atoms with Gasteiger partial charge in [-0.05, 0) is 28.1 Å². The summed E-state index contributed by atoms with van der Waals surface area (Å²) in [4.78, 5) is 24.8. The summed E-state index contributed by atoms with van der Waals surface area (Å²) < 4.78 is 1.56. The van der Waals surface area contributed by atoms with Crippen LogP contribution in [0, 0.1) is 0 Å². The Balaban J connectivity index is 1.32. The van der Waals surface area contributed by atoms with Crippen LogP contribution in [0.1, 0.15) is 24.8 Å². The first-order valence-electron chi connectivity index (χ1n) is 9.66. The van der Waals surface area contributed by atoms with Gasteiger partial charge in [0.25, 0.3) is 0 Å². The molecule has 1 aliphatic rings. The lowest BCUT2D eigenvalue weighted by Crippen LogP contribution is -2.25. The molecule has 0 aliphatic carbocycles. The maximum absolute atomic E-state index is 12.4. The second kappa shape index (κ2) is 8.64. The van der Waals surface area contributed by atoms with Crippen LogP contribution in [0.4, 0.5) is 5.69 Å². The highest BCUT2D eigenvalue weighted by Crippen LogP contribution is 2.20. The highest BCUT2D eigenvalue weighted by Gasteiger charge is 2.22. The first-order valence-corrected chi connectivity index (χ1v) is 9.66. The number of nitrogens with one attached hydrogen (secondary N) is 1. The molecule has 0 unspecified atom stereocenters. The summed E-state index contributed by atoms with van der Waals surface area (Å²) in [5.41, 5.74) is 3.32. The monoisotopic (exact) mass is 403 g/mol. The molecule has 2 heterocycles. The molecule has 1 aromatic heterocycles. The van der Waals surface area contributed by atoms with Crippen molar-refractivity contribution < 1.29 is 9.59 Å². The van der Waals surface area contributed by atoms with Crippen LogP contribution in [0.25, 0.3) is 11.4 Å². The summed E-state index contributed by atoms with van der Waals surface area (Å²) in [6, 6.07) is 17.0. The normalized spacial score (nSPS) is 13.2. The lowest BCUT2D eigenvalue weighted by Gasteiger charge is -2.11. The number of hydrogen-bond acceptors (Lipinski definition) is 6. The number of carbonyl (C=O) groups excluding carboxylic acids is 2. The highest BCUT2D eigenvalue weighted by molar-refractivity contribution is 6.02. The van der Waals surface area contributed by atoms with E-state index < -0.39 is 0 Å². The van der Waals surface area contributed by atoms with E-state index in [2.05, 4.69) is 25.9 Å². The van der Waals surface area contributed by atoms with Crippen molar-refractivity contribution in [2.75, 3.05) is 11.9 Å². The molecule has 0 radical (unpaired) electrons. The molecule has 2 amide bonds. The quantitative estimate of drug-likeness (QED) is 0.679. The molecule has 9 nitrogen and oxygen atoms in total. The van der Waals surface area contributed by atoms with Gasteiger partial charge in [-0.2, -0.15) is 5.10 Å². The summed E-state index contributed by atoms with van der Waals surface area (Å²) in [5.74, 6) is 0.209. The lowest BCUT2D eigenvalue weighted by molar-refractivity contribution is -0.132. The number of carbonyl (C=O) groups is 2. The Morgan fingerprint density at radius 3 is 2.60 bits per heavy atom. The first kappa shape index (κ1) is 19.4. The van der Waals surface area contributed by atoms with E-state index in [1.807, 2.05) is 42.5 Å². The van der Waals surface area contributed by atoms with E-state index in [9.17, 15) is 9.59 Å². The molecule has 3 aromatic rings. The number of rotatable bonds is 6. The number of aryl methyl sites for hydroxylation is 1. The molecule has 0 saturated heterocycles. The molecule has 152 valence electrons. The predicted molar refractivity (Wildman–Crippen MR) is 111 cm³/mol. The average molecular weight is 403 g/mol. The van der Waals surface area contributed by atoms with E-state index in [0.717, 1.165) is 16.8 Å². The van der Waals surface area contributed by atoms with Crippen LogP contribution < -0.4 is 5.32 Å². The van der Waals surface area contributed by atoms with Crippen molar-refractivity contribution in [2.45, 2.75) is 19.3 Å². The maximum atomic E-state index is 12.4. The van der Waals surface area contributed by atoms with Crippen LogP contribution in [-0.2, 0) is 16.6 Å². The third-order valence-corrected chi connectivity index (χ3v) is 4.79. The number of tetrazole rings is 1. The molecule has 0 atom stereocenters. The van der Waals surface area contributed by atoms with Crippen LogP contribution in [0.3, 0.4) is 0 Å². The minimum Gasteiger partial charge on any atom is -0.326 e. The fourth-order valence-electron chi connectivity index (χ4n) is 3.25. The fourth-order valence-corrected chi connectivity index (χ4v) is 3.25. The van der Waals surface area contributed by atoms with Gasteiger partial charge in [0.2, 0.25) is 11.8 Å². The van der Waals surface area contributed by atoms with Crippen molar-refractivity contribution in [1.29, 1.82) is 0 Å². The van der Waals surface area contributed by atoms with Gasteiger partial charge in [-0.25, -0.2) is 9.69 Å². The molecular formula is C21H21N7O2. The van der Waals surface area contributed by atoms with Crippen LogP contribution in [0.5, 0.6) is 0 Å². The number of anilines is 1. The van der Waals surface area contributed by atoms with Gasteiger partial charge in [-0.1, -0.05) is 42.5 Å². The van der Waals surface area contributed by atoms with Crippen LogP contribution >= 0.6 is 0 Å². The zero-order chi connectivity index (χ0) is 20.9. The summed E-state index contributed by atoms with van der Waals surface area (Å²) in [5, 5.41) is 20.1. The predicted octanol–water partition coefficient (Wildman–Crippen LogP) is 2.23. The van der Waals surface area contributed by atoms with Crippen LogP contribution in [0.15, 0.2) is 59.7 Å². The Morgan fingerprint density at radius 1 is 1.03 bits per heavy atom. The van der Waals surface area contributed by atoms with E-state index in [1.165, 1.54) is 5.01 Å². The molecule has 2 aromatic carbocycles. The average Bonchev–Trinajstić information content (AvgIpc) is 3.42. The topological polar surface area (TPSA) is 105 Å². The smallest absolute Gasteiger partial charge is 0.243 e. The minimum atomic E-state index is -0.233. The molecular weight excluding hydrogens is 382 g/mol. The number of hydrazone groups is 1. The zero-order valence-corrected chi connectivity index (χ0v) is 16.5. The maximum Gasteiger partial charge on any atom is 0.243 e. The molecule has 1 aliphatic heterocycles. The standard InChI is InChI=1S/C21H21N7O2/c1-27-21(23-25-26-27)16-8-5-9-17(14-16)22-19(29)10-11-20(30)28-13-12-18(24-28)15-6-3-2-4-7-15/h2-9,14H,10-13H2,1H3,(H,22,29). The molecule has 0 spiro atoms. The summed E-state index contributed by atoms with van der Waals surface area (Å²) in [7, 11) is 1.75. The fraction of sp³-hybridized carbons (Fsp3) is 0.238. The van der Waals surface area contributed by atoms with E-state index in [0.29, 0.717) is 24.5 Å². The molecule has 1 N–H and O–H groups in total. The first-order chi connectivity index (χ1) is 14.6. The van der Waals surface area contributed by atoms with Crippen molar-refractivity contribution in [3.05, 3.63) is 60.2 Å². The molecule has 9 heteroatoms. The van der Waals surface area contributed by atoms with Gasteiger partial charge >= 0.3 is 0 Å². The SMILES string of the molecule is Cn1nnnc1-c1cccc(NC(=O)CCC(=O)N2CCC(c3ccccc3)=N2)c1. The van der Waals surface area contributed by atoms with Crippen LogP contribution in [-0.4, -0.2) is 49.3 Å². The Kier molecular flexibility index (Phi) is 5.60. The van der Waals surface area contributed by atoms with Gasteiger partial charge in [0.1, 0.15) is 0 Å². The Bertz CT molecular complexity index is 1090. The Morgan fingerprint density at radius 2 is 1.83 bits per heavy atom. The van der Waals surface area contributed by atoms with Gasteiger partial charge in [-0.3, -0.25) is 9.59 Å². The van der Waals surface area contributed by atoms with Gasteiger partial charge in [0, 0.05) is 37.6 Å². The number of benzene rings is 2. The third-order valence-electron chi connectivity index (χ3n) is 4.79. The third kappa shape index (κ3) is 4.40. The van der Waals surface area contributed by atoms with Crippen molar-refractivity contribution in [2.24, 2.45) is 12.1 Å². The number of hydrogen-bond donors (Lipinski definition) is 1. The van der Waals surface area contributed by atoms with Crippen molar-refractivity contribution in [1.82, 2.24) is 25.2 Å². The molecule has 0 fully saturated rings. The van der Waals surface area contributed by atoms with Gasteiger partial charge in [-0.15, -0.1) is 5.10 Å². The molecule has 0 bridgehead atoms. The Labute approximate surface area is 173 Å². The number of nitrogens with zero attached hydrogens (tertiary/aromatic N) is 6. The van der Waals surface area contributed by atoms with E-state index >= 15 is 0 Å². The lowest BCUT2D eigenvalue weighted by atomic mass is 10.1. The highest BCUT2D eigenvalue weighted by atomic mass is 16.2.